The lowest BCUT2D eigenvalue weighted by molar-refractivity contribution is 0.0303. The Morgan fingerprint density at radius 1 is 1.14 bits per heavy atom. The van der Waals surface area contributed by atoms with E-state index in [1.54, 1.807) is 33.8 Å². The maximum Gasteiger partial charge on any atom is 0.256 e. The van der Waals surface area contributed by atoms with Crippen LogP contribution >= 0.6 is 0 Å². The number of nitrogens with zero attached hydrogens (tertiary/aromatic N) is 6. The molecule has 0 N–H and O–H groups in total. The molecule has 0 bridgehead atoms. The molecule has 1 aliphatic heterocycles. The topological polar surface area (TPSA) is 105 Å². The van der Waals surface area contributed by atoms with Gasteiger partial charge in [-0.2, -0.15) is 10.4 Å². The van der Waals surface area contributed by atoms with Crippen LogP contribution in [0.5, 0.6) is 0 Å². The van der Waals surface area contributed by atoms with Crippen LogP contribution in [0.2, 0.25) is 0 Å². The lowest BCUT2D eigenvalue weighted by Gasteiger charge is -2.27. The van der Waals surface area contributed by atoms with Crippen LogP contribution in [-0.4, -0.2) is 65.2 Å². The molecule has 1 saturated heterocycles. The minimum atomic E-state index is -0.0922. The van der Waals surface area contributed by atoms with Gasteiger partial charge in [0.1, 0.15) is 0 Å². The first-order valence-corrected chi connectivity index (χ1v) is 11.1. The third kappa shape index (κ3) is 4.47. The highest BCUT2D eigenvalue weighted by Gasteiger charge is 2.22. The van der Waals surface area contributed by atoms with Crippen molar-refractivity contribution in [3.8, 4) is 28.5 Å². The van der Waals surface area contributed by atoms with Gasteiger partial charge in [-0.05, 0) is 35.9 Å². The number of carbonyl (C=O) groups excluding carboxylic acids is 1. The van der Waals surface area contributed by atoms with Crippen molar-refractivity contribution in [3.63, 3.8) is 0 Å². The fraction of sp³-hybridized carbons (Fsp3) is 0.192. The number of methoxy groups -OCH3 is 1. The molecule has 35 heavy (non-hydrogen) atoms. The average Bonchev–Trinajstić information content (AvgIpc) is 3.35. The van der Waals surface area contributed by atoms with Crippen molar-refractivity contribution in [2.45, 2.75) is 0 Å². The monoisotopic (exact) mass is 466 g/mol. The van der Waals surface area contributed by atoms with Gasteiger partial charge in [0.25, 0.3) is 5.91 Å². The number of hydrogen-bond donors (Lipinski definition) is 0. The minimum absolute atomic E-state index is 0.0922. The Hall–Kier alpha value is -4.55. The Morgan fingerprint density at radius 3 is 2.66 bits per heavy atom. The van der Waals surface area contributed by atoms with E-state index < -0.39 is 0 Å². The van der Waals surface area contributed by atoms with Crippen molar-refractivity contribution in [2.75, 3.05) is 33.4 Å². The van der Waals surface area contributed by atoms with Gasteiger partial charge in [-0.1, -0.05) is 18.2 Å². The minimum Gasteiger partial charge on any atom is -0.486 e. The van der Waals surface area contributed by atoms with E-state index in [4.69, 9.17) is 19.7 Å². The van der Waals surface area contributed by atoms with Gasteiger partial charge in [0.05, 0.1) is 55.1 Å². The normalized spacial score (nSPS) is 13.8. The van der Waals surface area contributed by atoms with E-state index in [-0.39, 0.29) is 5.91 Å². The molecule has 174 valence electrons. The van der Waals surface area contributed by atoms with E-state index in [9.17, 15) is 4.79 Å². The van der Waals surface area contributed by atoms with Crippen molar-refractivity contribution in [1.29, 1.82) is 5.26 Å². The summed E-state index contributed by atoms with van der Waals surface area (Å²) >= 11 is 0. The van der Waals surface area contributed by atoms with E-state index in [1.807, 2.05) is 36.5 Å². The van der Waals surface area contributed by atoms with E-state index in [2.05, 4.69) is 16.2 Å². The van der Waals surface area contributed by atoms with Crippen LogP contribution in [0.4, 0.5) is 5.69 Å². The number of hydrogen-bond acceptors (Lipinski definition) is 7. The van der Waals surface area contributed by atoms with E-state index in [0.717, 1.165) is 16.7 Å². The zero-order valence-corrected chi connectivity index (χ0v) is 19.1. The highest BCUT2D eigenvalue weighted by molar-refractivity contribution is 6.00. The molecule has 5 rings (SSSR count). The zero-order valence-electron chi connectivity index (χ0n) is 19.1. The molecule has 0 unspecified atom stereocenters. The Bertz CT molecular complexity index is 1450. The van der Waals surface area contributed by atoms with Crippen LogP contribution in [0.1, 0.15) is 15.9 Å². The maximum atomic E-state index is 13.1. The van der Waals surface area contributed by atoms with Crippen LogP contribution in [0, 0.1) is 11.3 Å². The molecule has 3 heterocycles. The summed E-state index contributed by atoms with van der Waals surface area (Å²) in [6, 6.07) is 16.8. The Morgan fingerprint density at radius 2 is 1.91 bits per heavy atom. The van der Waals surface area contributed by atoms with E-state index in [0.29, 0.717) is 54.5 Å². The van der Waals surface area contributed by atoms with Crippen molar-refractivity contribution in [3.05, 3.63) is 72.1 Å². The third-order valence-electron chi connectivity index (χ3n) is 5.81. The molecule has 0 spiro atoms. The highest BCUT2D eigenvalue weighted by atomic mass is 16.5. The molecule has 4 aromatic rings. The molecule has 1 fully saturated rings. The molecule has 9 nitrogen and oxygen atoms in total. The fourth-order valence-electron chi connectivity index (χ4n) is 3.98. The van der Waals surface area contributed by atoms with Gasteiger partial charge < -0.3 is 14.4 Å². The first-order chi connectivity index (χ1) is 17.2. The maximum absolute atomic E-state index is 13.1. The second kappa shape index (κ2) is 9.75. The summed E-state index contributed by atoms with van der Waals surface area (Å²) in [6.45, 7) is 2.14. The van der Waals surface area contributed by atoms with Crippen LogP contribution in [0.15, 0.2) is 65.9 Å². The van der Waals surface area contributed by atoms with Gasteiger partial charge >= 0.3 is 0 Å². The molecule has 0 radical (unpaired) electrons. The number of benzene rings is 2. The molecule has 9 heteroatoms. The summed E-state index contributed by atoms with van der Waals surface area (Å²) in [5.74, 6) is -0.0922. The zero-order chi connectivity index (χ0) is 24.2. The Kier molecular flexibility index (Phi) is 6.20. The summed E-state index contributed by atoms with van der Waals surface area (Å²) in [6.07, 6.45) is 4.91. The molecular formula is C26H22N6O3. The smallest absolute Gasteiger partial charge is 0.256 e. The quantitative estimate of drug-likeness (QED) is 0.328. The number of ether oxygens (including phenoxy) is 2. The van der Waals surface area contributed by atoms with Crippen molar-refractivity contribution < 1.29 is 14.3 Å². The molecule has 0 saturated carbocycles. The lowest BCUT2D eigenvalue weighted by Crippen LogP contribution is -2.40. The highest BCUT2D eigenvalue weighted by Crippen LogP contribution is 2.30. The van der Waals surface area contributed by atoms with Gasteiger partial charge in [0.15, 0.2) is 12.0 Å². The van der Waals surface area contributed by atoms with Gasteiger partial charge in [-0.25, -0.2) is 14.5 Å². The van der Waals surface area contributed by atoms with Crippen LogP contribution in [0.25, 0.3) is 28.0 Å². The third-order valence-corrected chi connectivity index (χ3v) is 5.81. The second-order valence-corrected chi connectivity index (χ2v) is 7.94. The molecular weight excluding hydrogens is 444 g/mol. The standard InChI is InChI=1S/C26H22N6O3/c1-34-17-28-24-14-20(6-7-21(24)26(33)31-10-12-35-13-11-31)23-8-9-32-25(30-23)22(16-29-32)19-4-2-18(15-27)3-5-19/h2-9,14,16-17H,10-13H2,1H3. The predicted molar refractivity (Wildman–Crippen MR) is 130 cm³/mol. The predicted octanol–water partition coefficient (Wildman–Crippen LogP) is 3.71. The van der Waals surface area contributed by atoms with Gasteiger partial charge in [-0.3, -0.25) is 4.79 Å². The largest absolute Gasteiger partial charge is 0.486 e. The lowest BCUT2D eigenvalue weighted by atomic mass is 10.0. The van der Waals surface area contributed by atoms with Crippen molar-refractivity contribution in [2.24, 2.45) is 4.99 Å². The number of carbonyl (C=O) groups is 1. The summed E-state index contributed by atoms with van der Waals surface area (Å²) in [7, 11) is 1.51. The van der Waals surface area contributed by atoms with E-state index >= 15 is 0 Å². The Balaban J connectivity index is 1.53. The summed E-state index contributed by atoms with van der Waals surface area (Å²) in [4.78, 5) is 24.1. The van der Waals surface area contributed by atoms with Crippen LogP contribution in [0.3, 0.4) is 0 Å². The number of aliphatic imine (C=N–C) groups is 1. The number of rotatable bonds is 5. The molecule has 0 aliphatic carbocycles. The molecule has 0 atom stereocenters. The summed E-state index contributed by atoms with van der Waals surface area (Å²) < 4.78 is 12.1. The van der Waals surface area contributed by atoms with E-state index in [1.165, 1.54) is 13.5 Å². The molecule has 1 aliphatic rings. The second-order valence-electron chi connectivity index (χ2n) is 7.94. The SMILES string of the molecule is COC=Nc1cc(-c2ccn3ncc(-c4ccc(C#N)cc4)c3n2)ccc1C(=O)N1CCOCC1. The van der Waals surface area contributed by atoms with Gasteiger partial charge in [-0.15, -0.1) is 0 Å². The van der Waals surface area contributed by atoms with Crippen LogP contribution < -0.4 is 0 Å². The summed E-state index contributed by atoms with van der Waals surface area (Å²) in [5, 5.41) is 13.5. The Labute approximate surface area is 201 Å². The number of nitriles is 1. The molecule has 2 aromatic heterocycles. The molecule has 2 aromatic carbocycles. The van der Waals surface area contributed by atoms with Crippen molar-refractivity contribution in [1.82, 2.24) is 19.5 Å². The first kappa shape index (κ1) is 22.3. The molecule has 1 amide bonds. The van der Waals surface area contributed by atoms with Crippen LogP contribution in [-0.2, 0) is 9.47 Å². The number of amides is 1. The number of aromatic nitrogens is 3. The number of fused-ring (bicyclic) bond motifs is 1. The number of morpholine rings is 1. The van der Waals surface area contributed by atoms with Crippen molar-refractivity contribution >= 4 is 23.6 Å². The average molecular weight is 467 g/mol. The fourth-order valence-corrected chi connectivity index (χ4v) is 3.98. The van der Waals surface area contributed by atoms with Gasteiger partial charge in [0.2, 0.25) is 0 Å². The van der Waals surface area contributed by atoms with Gasteiger partial charge in [0, 0.05) is 30.4 Å². The first-order valence-electron chi connectivity index (χ1n) is 11.1. The summed E-state index contributed by atoms with van der Waals surface area (Å²) in [5.41, 5.74) is 5.57.